The number of nitrogens with zero attached hydrogens (tertiary/aromatic N) is 5. The number of carbonyl (C=O) groups excluding carboxylic acids is 1. The van der Waals surface area contributed by atoms with Crippen molar-refractivity contribution in [3.05, 3.63) is 54.2 Å². The Bertz CT molecular complexity index is 906. The predicted molar refractivity (Wildman–Crippen MR) is 91.5 cm³/mol. The van der Waals surface area contributed by atoms with E-state index in [2.05, 4.69) is 30.0 Å². The molecule has 1 aliphatic rings. The molecule has 1 atom stereocenters. The summed E-state index contributed by atoms with van der Waals surface area (Å²) in [4.78, 5) is 20.3. The van der Waals surface area contributed by atoms with E-state index >= 15 is 0 Å². The van der Waals surface area contributed by atoms with Crippen LogP contribution in [-0.2, 0) is 13.0 Å². The number of aryl methyl sites for hydroxylation is 1. The van der Waals surface area contributed by atoms with E-state index in [9.17, 15) is 4.79 Å². The van der Waals surface area contributed by atoms with Crippen LogP contribution in [0.2, 0.25) is 0 Å². The van der Waals surface area contributed by atoms with Crippen molar-refractivity contribution in [1.82, 2.24) is 30.0 Å². The largest absolute Gasteiger partial charge is 0.382 e. The van der Waals surface area contributed by atoms with E-state index < -0.39 is 0 Å². The van der Waals surface area contributed by atoms with Crippen LogP contribution < -0.4 is 11.1 Å². The van der Waals surface area contributed by atoms with Crippen LogP contribution in [0.4, 0.5) is 5.82 Å². The summed E-state index contributed by atoms with van der Waals surface area (Å²) in [6, 6.07) is 9.86. The fourth-order valence-electron chi connectivity index (χ4n) is 3.02. The number of nitrogen functional groups attached to an aromatic ring is 1. The number of benzene rings is 1. The van der Waals surface area contributed by atoms with Crippen molar-refractivity contribution in [2.75, 3.05) is 5.73 Å². The lowest BCUT2D eigenvalue weighted by Crippen LogP contribution is -2.41. The van der Waals surface area contributed by atoms with Crippen LogP contribution in [0.5, 0.6) is 0 Å². The average molecular weight is 335 g/mol. The Morgan fingerprint density at radius 1 is 1.16 bits per heavy atom. The first-order chi connectivity index (χ1) is 12.2. The van der Waals surface area contributed by atoms with Crippen molar-refractivity contribution in [3.8, 4) is 11.4 Å². The Kier molecular flexibility index (Phi) is 3.85. The number of nitrogens with two attached hydrogens (primary N) is 1. The molecule has 2 aromatic heterocycles. The topological polar surface area (TPSA) is 112 Å². The van der Waals surface area contributed by atoms with Gasteiger partial charge in [0, 0.05) is 37.0 Å². The van der Waals surface area contributed by atoms with Crippen molar-refractivity contribution >= 4 is 11.7 Å². The second-order valence-electron chi connectivity index (χ2n) is 5.92. The van der Waals surface area contributed by atoms with Gasteiger partial charge in [0.05, 0.1) is 0 Å². The quantitative estimate of drug-likeness (QED) is 0.740. The monoisotopic (exact) mass is 335 g/mol. The molecule has 1 unspecified atom stereocenters. The van der Waals surface area contributed by atoms with Gasteiger partial charge in [0.1, 0.15) is 5.82 Å². The van der Waals surface area contributed by atoms with Crippen molar-refractivity contribution in [2.45, 2.75) is 25.4 Å². The molecule has 0 saturated heterocycles. The zero-order valence-electron chi connectivity index (χ0n) is 13.5. The lowest BCUT2D eigenvalue weighted by atomic mass is 10.1. The van der Waals surface area contributed by atoms with Crippen LogP contribution in [0.3, 0.4) is 0 Å². The Balaban J connectivity index is 1.54. The number of amides is 1. The second-order valence-corrected chi connectivity index (χ2v) is 5.92. The Labute approximate surface area is 144 Å². The fourth-order valence-corrected chi connectivity index (χ4v) is 3.02. The SMILES string of the molecule is Nc1nccnc1C(=O)NC1CCc2nnc(-c3ccccc3)n2C1. The summed E-state index contributed by atoms with van der Waals surface area (Å²) in [6.07, 6.45) is 4.46. The summed E-state index contributed by atoms with van der Waals surface area (Å²) < 4.78 is 2.06. The molecular formula is C17H17N7O. The van der Waals surface area contributed by atoms with E-state index in [0.29, 0.717) is 6.54 Å². The first kappa shape index (κ1) is 15.3. The van der Waals surface area contributed by atoms with E-state index in [-0.39, 0.29) is 23.5 Å². The van der Waals surface area contributed by atoms with Crippen LogP contribution in [0.15, 0.2) is 42.7 Å². The van der Waals surface area contributed by atoms with Crippen molar-refractivity contribution in [3.63, 3.8) is 0 Å². The minimum absolute atomic E-state index is 0.0418. The highest BCUT2D eigenvalue weighted by Crippen LogP contribution is 2.23. The number of hydrogen-bond acceptors (Lipinski definition) is 6. The molecule has 3 heterocycles. The first-order valence-electron chi connectivity index (χ1n) is 8.07. The lowest BCUT2D eigenvalue weighted by Gasteiger charge is -2.25. The minimum Gasteiger partial charge on any atom is -0.382 e. The van der Waals surface area contributed by atoms with Gasteiger partial charge in [0.2, 0.25) is 0 Å². The summed E-state index contributed by atoms with van der Waals surface area (Å²) in [5, 5.41) is 11.6. The molecule has 8 heteroatoms. The molecule has 126 valence electrons. The molecule has 0 fully saturated rings. The zero-order valence-corrected chi connectivity index (χ0v) is 13.5. The average Bonchev–Trinajstić information content (AvgIpc) is 3.06. The van der Waals surface area contributed by atoms with Gasteiger partial charge in [0.25, 0.3) is 5.91 Å². The third-order valence-electron chi connectivity index (χ3n) is 4.26. The molecule has 0 spiro atoms. The lowest BCUT2D eigenvalue weighted by molar-refractivity contribution is 0.0923. The molecule has 0 bridgehead atoms. The molecule has 0 aliphatic carbocycles. The molecule has 3 aromatic rings. The summed E-state index contributed by atoms with van der Waals surface area (Å²) in [5.41, 5.74) is 6.89. The van der Waals surface area contributed by atoms with E-state index in [1.54, 1.807) is 0 Å². The van der Waals surface area contributed by atoms with Crippen LogP contribution >= 0.6 is 0 Å². The number of hydrogen-bond donors (Lipinski definition) is 2. The summed E-state index contributed by atoms with van der Waals surface area (Å²) in [6.45, 7) is 0.610. The fraction of sp³-hybridized carbons (Fsp3) is 0.235. The smallest absolute Gasteiger partial charge is 0.273 e. The van der Waals surface area contributed by atoms with Gasteiger partial charge in [-0.1, -0.05) is 30.3 Å². The van der Waals surface area contributed by atoms with Gasteiger partial charge in [-0.25, -0.2) is 9.97 Å². The molecule has 0 radical (unpaired) electrons. The molecule has 1 aromatic carbocycles. The van der Waals surface area contributed by atoms with Crippen molar-refractivity contribution in [1.29, 1.82) is 0 Å². The van der Waals surface area contributed by atoms with Gasteiger partial charge >= 0.3 is 0 Å². The van der Waals surface area contributed by atoms with Gasteiger partial charge in [-0.15, -0.1) is 10.2 Å². The minimum atomic E-state index is -0.312. The second kappa shape index (κ2) is 6.31. The maximum Gasteiger partial charge on any atom is 0.273 e. The first-order valence-corrected chi connectivity index (χ1v) is 8.07. The molecule has 0 saturated carbocycles. The van der Waals surface area contributed by atoms with Gasteiger partial charge in [-0.2, -0.15) is 0 Å². The summed E-state index contributed by atoms with van der Waals surface area (Å²) in [5.74, 6) is 1.57. The Morgan fingerprint density at radius 3 is 2.76 bits per heavy atom. The van der Waals surface area contributed by atoms with E-state index in [1.165, 1.54) is 12.4 Å². The molecule has 1 aliphatic heterocycles. The van der Waals surface area contributed by atoms with Gasteiger partial charge in [0.15, 0.2) is 17.3 Å². The highest BCUT2D eigenvalue weighted by molar-refractivity contribution is 5.96. The van der Waals surface area contributed by atoms with E-state index in [1.807, 2.05) is 30.3 Å². The maximum absolute atomic E-state index is 12.4. The number of anilines is 1. The van der Waals surface area contributed by atoms with Crippen LogP contribution in [0, 0.1) is 0 Å². The molecule has 1 amide bonds. The van der Waals surface area contributed by atoms with Crippen molar-refractivity contribution < 1.29 is 4.79 Å². The number of nitrogens with one attached hydrogen (secondary N) is 1. The Morgan fingerprint density at radius 2 is 1.96 bits per heavy atom. The molecule has 4 rings (SSSR count). The molecular weight excluding hydrogens is 318 g/mol. The predicted octanol–water partition coefficient (Wildman–Crippen LogP) is 1.06. The highest BCUT2D eigenvalue weighted by Gasteiger charge is 2.25. The molecule has 3 N–H and O–H groups in total. The number of fused-ring (bicyclic) bond motifs is 1. The standard InChI is InChI=1S/C17H17N7O/c18-15-14(19-8-9-20-15)17(25)21-12-6-7-13-22-23-16(24(13)10-12)11-4-2-1-3-5-11/h1-5,8-9,12H,6-7,10H2,(H2,18,20)(H,21,25). The number of aromatic nitrogens is 5. The number of carbonyl (C=O) groups is 1. The van der Waals surface area contributed by atoms with Crippen molar-refractivity contribution in [2.24, 2.45) is 0 Å². The van der Waals surface area contributed by atoms with Gasteiger partial charge in [-0.3, -0.25) is 4.79 Å². The Hall–Kier alpha value is -3.29. The third-order valence-corrected chi connectivity index (χ3v) is 4.26. The number of rotatable bonds is 3. The zero-order chi connectivity index (χ0) is 17.2. The molecule has 25 heavy (non-hydrogen) atoms. The van der Waals surface area contributed by atoms with E-state index in [4.69, 9.17) is 5.73 Å². The van der Waals surface area contributed by atoms with Crippen LogP contribution in [-0.4, -0.2) is 36.7 Å². The van der Waals surface area contributed by atoms with Crippen LogP contribution in [0.1, 0.15) is 22.7 Å². The summed E-state index contributed by atoms with van der Waals surface area (Å²) >= 11 is 0. The third kappa shape index (κ3) is 2.93. The van der Waals surface area contributed by atoms with Gasteiger partial charge < -0.3 is 15.6 Å². The van der Waals surface area contributed by atoms with Crippen LogP contribution in [0.25, 0.3) is 11.4 Å². The normalized spacial score (nSPS) is 16.2. The van der Waals surface area contributed by atoms with Gasteiger partial charge in [-0.05, 0) is 6.42 Å². The maximum atomic E-state index is 12.4. The summed E-state index contributed by atoms with van der Waals surface area (Å²) in [7, 11) is 0. The molecule has 8 nitrogen and oxygen atoms in total. The van der Waals surface area contributed by atoms with E-state index in [0.717, 1.165) is 30.1 Å². The highest BCUT2D eigenvalue weighted by atomic mass is 16.2.